The lowest BCUT2D eigenvalue weighted by Crippen LogP contribution is -1.91. The first-order valence-electron chi connectivity index (χ1n) is 5.93. The molecule has 0 saturated carbocycles. The molecule has 0 atom stereocenters. The van der Waals surface area contributed by atoms with Gasteiger partial charge in [-0.25, -0.2) is 4.98 Å². The average Bonchev–Trinajstić information content (AvgIpc) is 2.75. The molecule has 0 aliphatic rings. The van der Waals surface area contributed by atoms with E-state index in [-0.39, 0.29) is 0 Å². The summed E-state index contributed by atoms with van der Waals surface area (Å²) in [5, 5.41) is 1.24. The van der Waals surface area contributed by atoms with Crippen LogP contribution in [0.2, 0.25) is 0 Å². The molecule has 2 nitrogen and oxygen atoms in total. The van der Waals surface area contributed by atoms with Crippen LogP contribution >= 0.6 is 12.6 Å². The van der Waals surface area contributed by atoms with Crippen molar-refractivity contribution >= 4 is 23.7 Å². The lowest BCUT2D eigenvalue weighted by molar-refractivity contribution is 1.18. The molecule has 0 amide bonds. The van der Waals surface area contributed by atoms with Crippen LogP contribution < -0.4 is 0 Å². The minimum atomic E-state index is 0.922. The third-order valence-electron chi connectivity index (χ3n) is 3.19. The van der Waals surface area contributed by atoms with Gasteiger partial charge in [-0.1, -0.05) is 12.1 Å². The summed E-state index contributed by atoms with van der Waals surface area (Å²) in [5.74, 6) is 0. The van der Waals surface area contributed by atoms with Gasteiger partial charge in [0.25, 0.3) is 0 Å². The Bertz CT molecular complexity index is 683. The molecule has 2 heterocycles. The SMILES string of the molecule is Cc1c[nH]c2nccc(Cc3ccc(S)cc3)c12. The highest BCUT2D eigenvalue weighted by molar-refractivity contribution is 7.80. The Morgan fingerprint density at radius 3 is 2.72 bits per heavy atom. The number of pyridine rings is 1. The molecular formula is C15H14N2S. The zero-order chi connectivity index (χ0) is 12.5. The quantitative estimate of drug-likeness (QED) is 0.670. The van der Waals surface area contributed by atoms with Gasteiger partial charge in [0.15, 0.2) is 0 Å². The smallest absolute Gasteiger partial charge is 0.137 e. The Kier molecular flexibility index (Phi) is 2.84. The van der Waals surface area contributed by atoms with Crippen LogP contribution in [0.25, 0.3) is 11.0 Å². The van der Waals surface area contributed by atoms with E-state index in [0.29, 0.717) is 0 Å². The van der Waals surface area contributed by atoms with E-state index in [0.717, 1.165) is 17.0 Å². The van der Waals surface area contributed by atoms with Gasteiger partial charge in [0, 0.05) is 22.7 Å². The van der Waals surface area contributed by atoms with E-state index in [1.165, 1.54) is 22.1 Å². The summed E-state index contributed by atoms with van der Waals surface area (Å²) in [6.45, 7) is 2.11. The van der Waals surface area contributed by atoms with Gasteiger partial charge in [-0.2, -0.15) is 0 Å². The van der Waals surface area contributed by atoms with E-state index >= 15 is 0 Å². The number of benzene rings is 1. The van der Waals surface area contributed by atoms with Crippen LogP contribution in [0.3, 0.4) is 0 Å². The predicted molar refractivity (Wildman–Crippen MR) is 77.3 cm³/mol. The molecule has 0 aliphatic heterocycles. The molecular weight excluding hydrogens is 240 g/mol. The van der Waals surface area contributed by atoms with E-state index in [9.17, 15) is 0 Å². The summed E-state index contributed by atoms with van der Waals surface area (Å²) < 4.78 is 0. The molecule has 0 fully saturated rings. The number of H-pyrrole nitrogens is 1. The summed E-state index contributed by atoms with van der Waals surface area (Å²) in [7, 11) is 0. The number of nitrogens with zero attached hydrogens (tertiary/aromatic N) is 1. The first-order chi connectivity index (χ1) is 8.74. The van der Waals surface area contributed by atoms with Crippen LogP contribution in [0.5, 0.6) is 0 Å². The van der Waals surface area contributed by atoms with Gasteiger partial charge < -0.3 is 4.98 Å². The number of hydrogen-bond acceptors (Lipinski definition) is 2. The Hall–Kier alpha value is -1.74. The van der Waals surface area contributed by atoms with Crippen molar-refractivity contribution in [3.63, 3.8) is 0 Å². The molecule has 0 radical (unpaired) electrons. The number of rotatable bonds is 2. The van der Waals surface area contributed by atoms with E-state index in [1.54, 1.807) is 0 Å². The van der Waals surface area contributed by atoms with Crippen molar-refractivity contribution in [2.75, 3.05) is 0 Å². The van der Waals surface area contributed by atoms with E-state index in [2.05, 4.69) is 47.7 Å². The van der Waals surface area contributed by atoms with Gasteiger partial charge in [0.05, 0.1) is 0 Å². The highest BCUT2D eigenvalue weighted by Crippen LogP contribution is 2.22. The maximum atomic E-state index is 4.35. The summed E-state index contributed by atoms with van der Waals surface area (Å²) in [6, 6.07) is 10.4. The van der Waals surface area contributed by atoms with Crippen molar-refractivity contribution < 1.29 is 0 Å². The molecule has 0 saturated heterocycles. The van der Waals surface area contributed by atoms with Crippen LogP contribution in [-0.4, -0.2) is 9.97 Å². The monoisotopic (exact) mass is 254 g/mol. The number of fused-ring (bicyclic) bond motifs is 1. The zero-order valence-electron chi connectivity index (χ0n) is 10.1. The maximum Gasteiger partial charge on any atom is 0.137 e. The molecule has 18 heavy (non-hydrogen) atoms. The minimum absolute atomic E-state index is 0.922. The average molecular weight is 254 g/mol. The third-order valence-corrected chi connectivity index (χ3v) is 3.49. The number of aromatic nitrogens is 2. The van der Waals surface area contributed by atoms with Crippen molar-refractivity contribution in [3.05, 3.63) is 59.4 Å². The molecule has 1 N–H and O–H groups in total. The second kappa shape index (κ2) is 4.50. The van der Waals surface area contributed by atoms with Gasteiger partial charge in [0.1, 0.15) is 5.65 Å². The van der Waals surface area contributed by atoms with Crippen molar-refractivity contribution in [1.29, 1.82) is 0 Å². The summed E-state index contributed by atoms with van der Waals surface area (Å²) in [4.78, 5) is 8.55. The highest BCUT2D eigenvalue weighted by atomic mass is 32.1. The number of aryl methyl sites for hydroxylation is 1. The molecule has 0 unspecified atom stereocenters. The van der Waals surface area contributed by atoms with Gasteiger partial charge in [0.2, 0.25) is 0 Å². The molecule has 0 spiro atoms. The molecule has 0 bridgehead atoms. The Balaban J connectivity index is 2.04. The van der Waals surface area contributed by atoms with Crippen molar-refractivity contribution in [2.24, 2.45) is 0 Å². The first kappa shape index (κ1) is 11.4. The van der Waals surface area contributed by atoms with Crippen LogP contribution in [0.15, 0.2) is 47.6 Å². The normalized spacial score (nSPS) is 11.0. The first-order valence-corrected chi connectivity index (χ1v) is 6.38. The molecule has 1 aromatic carbocycles. The van der Waals surface area contributed by atoms with Crippen molar-refractivity contribution in [2.45, 2.75) is 18.2 Å². The maximum absolute atomic E-state index is 4.35. The van der Waals surface area contributed by atoms with Crippen LogP contribution in [0.1, 0.15) is 16.7 Å². The Morgan fingerprint density at radius 1 is 1.17 bits per heavy atom. The summed E-state index contributed by atoms with van der Waals surface area (Å²) in [5.41, 5.74) is 4.82. The van der Waals surface area contributed by atoms with Gasteiger partial charge >= 0.3 is 0 Å². The lowest BCUT2D eigenvalue weighted by Gasteiger charge is -2.05. The van der Waals surface area contributed by atoms with Crippen molar-refractivity contribution in [1.82, 2.24) is 9.97 Å². The molecule has 3 rings (SSSR count). The van der Waals surface area contributed by atoms with E-state index < -0.39 is 0 Å². The van der Waals surface area contributed by atoms with Crippen LogP contribution in [0, 0.1) is 6.92 Å². The molecule has 2 aromatic heterocycles. The number of hydrogen-bond donors (Lipinski definition) is 2. The number of thiol groups is 1. The Morgan fingerprint density at radius 2 is 1.94 bits per heavy atom. The third kappa shape index (κ3) is 2.02. The second-order valence-corrected chi connectivity index (χ2v) is 5.02. The fraction of sp³-hybridized carbons (Fsp3) is 0.133. The fourth-order valence-corrected chi connectivity index (χ4v) is 2.43. The van der Waals surface area contributed by atoms with Crippen LogP contribution in [-0.2, 0) is 6.42 Å². The van der Waals surface area contributed by atoms with Crippen molar-refractivity contribution in [3.8, 4) is 0 Å². The van der Waals surface area contributed by atoms with E-state index in [4.69, 9.17) is 0 Å². The van der Waals surface area contributed by atoms with E-state index in [1.807, 2.05) is 24.5 Å². The highest BCUT2D eigenvalue weighted by Gasteiger charge is 2.07. The van der Waals surface area contributed by atoms with Gasteiger partial charge in [-0.3, -0.25) is 0 Å². The minimum Gasteiger partial charge on any atom is -0.346 e. The van der Waals surface area contributed by atoms with Gasteiger partial charge in [-0.05, 0) is 48.2 Å². The zero-order valence-corrected chi connectivity index (χ0v) is 11.0. The molecule has 90 valence electrons. The topological polar surface area (TPSA) is 28.7 Å². The predicted octanol–water partition coefficient (Wildman–Crippen LogP) is 3.75. The lowest BCUT2D eigenvalue weighted by atomic mass is 10.0. The molecule has 3 heteroatoms. The van der Waals surface area contributed by atoms with Crippen LogP contribution in [0.4, 0.5) is 0 Å². The molecule has 0 aliphatic carbocycles. The summed E-state index contributed by atoms with van der Waals surface area (Å²) in [6.07, 6.45) is 4.80. The number of aromatic amines is 1. The van der Waals surface area contributed by atoms with Gasteiger partial charge in [-0.15, -0.1) is 12.6 Å². The number of nitrogens with one attached hydrogen (secondary N) is 1. The summed E-state index contributed by atoms with van der Waals surface area (Å²) >= 11 is 4.31. The molecule has 3 aromatic rings. The fourth-order valence-electron chi connectivity index (χ4n) is 2.28. The largest absolute Gasteiger partial charge is 0.346 e. The Labute approximate surface area is 111 Å². The second-order valence-electron chi connectivity index (χ2n) is 4.51. The standard InChI is InChI=1S/C15H14N2S/c1-10-9-17-15-14(10)12(6-7-16-15)8-11-2-4-13(18)5-3-11/h2-7,9,18H,8H2,1H3,(H,16,17).